The van der Waals surface area contributed by atoms with E-state index in [2.05, 4.69) is 10.2 Å². The number of nitrogens with zero attached hydrogens (tertiary/aromatic N) is 1. The number of nitrogens with one attached hydrogen (secondary N) is 1. The van der Waals surface area contributed by atoms with E-state index in [-0.39, 0.29) is 35.8 Å². The molecule has 2 aliphatic rings. The van der Waals surface area contributed by atoms with E-state index in [1.165, 1.54) is 25.7 Å². The Kier molecular flexibility index (Phi) is 9.68. The molecular weight excluding hydrogens is 484 g/mol. The molecule has 0 radical (unpaired) electrons. The average Bonchev–Trinajstić information content (AvgIpc) is 2.92. The Bertz CT molecular complexity index is 1060. The van der Waals surface area contributed by atoms with Crippen LogP contribution in [0.3, 0.4) is 0 Å². The van der Waals surface area contributed by atoms with Gasteiger partial charge in [-0.2, -0.15) is 0 Å². The summed E-state index contributed by atoms with van der Waals surface area (Å²) < 4.78 is 0. The first-order valence-electron chi connectivity index (χ1n) is 13.5. The highest BCUT2D eigenvalue weighted by Gasteiger charge is 2.41. The van der Waals surface area contributed by atoms with Crippen LogP contribution in [-0.2, 0) is 4.79 Å². The molecule has 0 aromatic heterocycles. The molecule has 0 bridgehead atoms. The van der Waals surface area contributed by atoms with E-state index in [0.717, 1.165) is 17.9 Å². The van der Waals surface area contributed by atoms with E-state index in [9.17, 15) is 19.8 Å². The number of phenolic OH excluding ortho intramolecular Hbond substituents is 1. The van der Waals surface area contributed by atoms with E-state index < -0.39 is 6.10 Å². The number of thioether (sulfide) groups is 1. The van der Waals surface area contributed by atoms with Gasteiger partial charge in [-0.15, -0.1) is 11.8 Å². The number of likely N-dealkylation sites (N-methyl/N-ethyl adjacent to an activating group) is 1. The van der Waals surface area contributed by atoms with Crippen molar-refractivity contribution in [2.24, 2.45) is 17.8 Å². The third kappa shape index (κ3) is 6.95. The van der Waals surface area contributed by atoms with Gasteiger partial charge in [0.05, 0.1) is 12.1 Å². The van der Waals surface area contributed by atoms with Crippen LogP contribution in [0.25, 0.3) is 0 Å². The van der Waals surface area contributed by atoms with Gasteiger partial charge >= 0.3 is 0 Å². The molecule has 5 atom stereocenters. The second-order valence-corrected chi connectivity index (χ2v) is 11.7. The lowest BCUT2D eigenvalue weighted by Crippen LogP contribution is -2.56. The number of benzene rings is 2. The van der Waals surface area contributed by atoms with Crippen LogP contribution in [-0.4, -0.2) is 64.8 Å². The molecule has 5 unspecified atom stereocenters. The molecule has 2 fully saturated rings. The fourth-order valence-corrected chi connectivity index (χ4v) is 7.13. The van der Waals surface area contributed by atoms with Crippen LogP contribution < -0.4 is 5.32 Å². The summed E-state index contributed by atoms with van der Waals surface area (Å²) in [6, 6.07) is 14.8. The number of likely N-dealkylation sites (tertiary alicyclic amines) is 1. The van der Waals surface area contributed by atoms with Crippen molar-refractivity contribution in [1.29, 1.82) is 0 Å². The van der Waals surface area contributed by atoms with Crippen LogP contribution in [0.1, 0.15) is 54.4 Å². The van der Waals surface area contributed by atoms with Crippen LogP contribution >= 0.6 is 11.8 Å². The second-order valence-electron chi connectivity index (χ2n) is 10.7. The SMILES string of the molecule is CNC(=O)C1CC2CCCCC2CN1CC(O)C(CSc1ccccc1)CC(=O)c1cccc(O)c1C. The van der Waals surface area contributed by atoms with E-state index >= 15 is 0 Å². The predicted octanol–water partition coefficient (Wildman–Crippen LogP) is 4.67. The summed E-state index contributed by atoms with van der Waals surface area (Å²) in [5.74, 6) is 1.45. The number of hydrogen-bond acceptors (Lipinski definition) is 6. The van der Waals surface area contributed by atoms with Crippen molar-refractivity contribution in [1.82, 2.24) is 10.2 Å². The molecule has 2 aromatic carbocycles. The molecule has 2 aromatic rings. The first-order valence-corrected chi connectivity index (χ1v) is 14.5. The summed E-state index contributed by atoms with van der Waals surface area (Å²) in [4.78, 5) is 29.4. The van der Waals surface area contributed by atoms with Gasteiger partial charge in [0.15, 0.2) is 5.78 Å². The van der Waals surface area contributed by atoms with Crippen molar-refractivity contribution < 1.29 is 19.8 Å². The number of ketones is 1. The molecule has 1 heterocycles. The lowest BCUT2D eigenvalue weighted by molar-refractivity contribution is -0.130. The summed E-state index contributed by atoms with van der Waals surface area (Å²) in [5.41, 5.74) is 1.06. The van der Waals surface area contributed by atoms with Crippen molar-refractivity contribution in [3.8, 4) is 5.75 Å². The molecule has 6 nitrogen and oxygen atoms in total. The maximum absolute atomic E-state index is 13.3. The van der Waals surface area contributed by atoms with Gasteiger partial charge in [0.1, 0.15) is 5.75 Å². The molecule has 1 aliphatic heterocycles. The molecular formula is C30H40N2O4S. The number of aliphatic hydroxyl groups excluding tert-OH is 1. The molecule has 200 valence electrons. The second kappa shape index (κ2) is 12.9. The largest absolute Gasteiger partial charge is 0.508 e. The van der Waals surface area contributed by atoms with Crippen molar-refractivity contribution in [2.75, 3.05) is 25.9 Å². The third-order valence-electron chi connectivity index (χ3n) is 8.28. The average molecular weight is 525 g/mol. The number of carbonyl (C=O) groups excluding carboxylic acids is 2. The predicted molar refractivity (Wildman–Crippen MR) is 148 cm³/mol. The maximum Gasteiger partial charge on any atom is 0.237 e. The smallest absolute Gasteiger partial charge is 0.237 e. The number of piperidine rings is 1. The number of hydrogen-bond donors (Lipinski definition) is 3. The summed E-state index contributed by atoms with van der Waals surface area (Å²) >= 11 is 1.63. The highest BCUT2D eigenvalue weighted by atomic mass is 32.2. The highest BCUT2D eigenvalue weighted by Crippen LogP contribution is 2.39. The Balaban J connectivity index is 1.51. The normalized spacial score (nSPS) is 23.6. The minimum Gasteiger partial charge on any atom is -0.508 e. The number of fused-ring (bicyclic) bond motifs is 1. The quantitative estimate of drug-likeness (QED) is 0.309. The zero-order chi connectivity index (χ0) is 26.4. The van der Waals surface area contributed by atoms with Crippen LogP contribution in [0.2, 0.25) is 0 Å². The van der Waals surface area contributed by atoms with Crippen molar-refractivity contribution in [3.63, 3.8) is 0 Å². The minimum atomic E-state index is -0.759. The van der Waals surface area contributed by atoms with E-state index in [4.69, 9.17) is 0 Å². The number of rotatable bonds is 10. The van der Waals surface area contributed by atoms with Crippen molar-refractivity contribution in [3.05, 3.63) is 59.7 Å². The van der Waals surface area contributed by atoms with Crippen LogP contribution in [0.5, 0.6) is 5.75 Å². The summed E-state index contributed by atoms with van der Waals surface area (Å²) in [6.07, 6.45) is 5.08. The fourth-order valence-electron chi connectivity index (χ4n) is 6.03. The Morgan fingerprint density at radius 1 is 1.08 bits per heavy atom. The number of phenols is 1. The summed E-state index contributed by atoms with van der Waals surface area (Å²) in [7, 11) is 1.68. The Morgan fingerprint density at radius 2 is 1.81 bits per heavy atom. The van der Waals surface area contributed by atoms with Gasteiger partial charge < -0.3 is 15.5 Å². The Hall–Kier alpha value is -2.35. The number of amides is 1. The molecule has 1 amide bonds. The monoisotopic (exact) mass is 524 g/mol. The van der Waals surface area contributed by atoms with Crippen LogP contribution in [0.15, 0.2) is 53.4 Å². The molecule has 1 aliphatic carbocycles. The number of carbonyl (C=O) groups is 2. The fraction of sp³-hybridized carbons (Fsp3) is 0.533. The van der Waals surface area contributed by atoms with Gasteiger partial charge in [-0.3, -0.25) is 14.5 Å². The topological polar surface area (TPSA) is 89.9 Å². The minimum absolute atomic E-state index is 0.0119. The lowest BCUT2D eigenvalue weighted by Gasteiger charge is -2.46. The van der Waals surface area contributed by atoms with Gasteiger partial charge in [0.2, 0.25) is 5.91 Å². The maximum atomic E-state index is 13.3. The summed E-state index contributed by atoms with van der Waals surface area (Å²) in [5, 5.41) is 24.5. The van der Waals surface area contributed by atoms with E-state index in [1.807, 2.05) is 30.3 Å². The first-order chi connectivity index (χ1) is 17.9. The molecule has 0 spiro atoms. The van der Waals surface area contributed by atoms with E-state index in [1.54, 1.807) is 43.9 Å². The van der Waals surface area contributed by atoms with E-state index in [0.29, 0.717) is 35.3 Å². The van der Waals surface area contributed by atoms with Gasteiger partial charge in [0.25, 0.3) is 0 Å². The molecule has 1 saturated carbocycles. The van der Waals surface area contributed by atoms with Gasteiger partial charge in [-0.25, -0.2) is 0 Å². The third-order valence-corrected chi connectivity index (χ3v) is 9.48. The van der Waals surface area contributed by atoms with Crippen LogP contribution in [0.4, 0.5) is 0 Å². The van der Waals surface area contributed by atoms with Crippen molar-refractivity contribution >= 4 is 23.5 Å². The van der Waals surface area contributed by atoms with Crippen molar-refractivity contribution in [2.45, 2.75) is 62.5 Å². The van der Waals surface area contributed by atoms with Gasteiger partial charge in [0, 0.05) is 54.3 Å². The van der Waals surface area contributed by atoms with Crippen LogP contribution in [0, 0.1) is 24.7 Å². The molecule has 3 N–H and O–H groups in total. The number of Topliss-reactive ketones (excluding diaryl/α,β-unsaturated/α-hetero) is 1. The zero-order valence-electron chi connectivity index (χ0n) is 21.9. The number of β-amino-alcohol motifs (C(OH)–C–C–N with tert-alkyl or cyclic N) is 1. The number of aromatic hydroxyl groups is 1. The number of aliphatic hydroxyl groups is 1. The standard InChI is InChI=1S/C30H40N2O4S/c1-20-25(13-8-14-27(20)33)28(34)16-23(19-37-24-11-4-3-5-12-24)29(35)18-32-17-22-10-7-6-9-21(22)15-26(32)30(36)31-2/h3-5,8,11-14,21-23,26,29,33,35H,6-7,9-10,15-19H2,1-2H3,(H,31,36). The van der Waals surface area contributed by atoms with Gasteiger partial charge in [-0.05, 0) is 49.8 Å². The molecule has 37 heavy (non-hydrogen) atoms. The molecule has 1 saturated heterocycles. The Labute approximate surface area is 224 Å². The molecule has 7 heteroatoms. The Morgan fingerprint density at radius 3 is 2.54 bits per heavy atom. The highest BCUT2D eigenvalue weighted by molar-refractivity contribution is 7.99. The summed E-state index contributed by atoms with van der Waals surface area (Å²) in [6.45, 7) is 2.93. The lowest BCUT2D eigenvalue weighted by atomic mass is 9.72. The molecule has 4 rings (SSSR count). The zero-order valence-corrected chi connectivity index (χ0v) is 22.8. The van der Waals surface area contributed by atoms with Gasteiger partial charge in [-0.1, -0.05) is 49.6 Å². The first kappa shape index (κ1) is 27.7.